The van der Waals surface area contributed by atoms with Crippen LogP contribution in [0.3, 0.4) is 0 Å². The van der Waals surface area contributed by atoms with Gasteiger partial charge in [-0.2, -0.15) is 0 Å². The number of amides is 1. The number of guanidine groups is 1. The molecular formula is C16H18Cl2N6O. The largest absolute Gasteiger partial charge is 0.385 e. The molecule has 9 heteroatoms. The summed E-state index contributed by atoms with van der Waals surface area (Å²) in [4.78, 5) is 16.2. The number of nitrogens with zero attached hydrogens (tertiary/aromatic N) is 1. The van der Waals surface area contributed by atoms with E-state index in [0.717, 1.165) is 25.1 Å². The van der Waals surface area contributed by atoms with Crippen molar-refractivity contribution in [3.63, 3.8) is 0 Å². The van der Waals surface area contributed by atoms with Crippen molar-refractivity contribution >= 4 is 40.8 Å². The summed E-state index contributed by atoms with van der Waals surface area (Å²) in [5, 5.41) is 20.8. The third kappa shape index (κ3) is 4.50. The van der Waals surface area contributed by atoms with E-state index < -0.39 is 5.91 Å². The molecule has 1 amide bonds. The van der Waals surface area contributed by atoms with Crippen LogP contribution in [0.4, 0.5) is 0 Å². The lowest BCUT2D eigenvalue weighted by molar-refractivity contribution is -0.113. The van der Waals surface area contributed by atoms with E-state index in [9.17, 15) is 4.79 Å². The Morgan fingerprint density at radius 3 is 2.92 bits per heavy atom. The van der Waals surface area contributed by atoms with Gasteiger partial charge in [-0.05, 0) is 30.7 Å². The van der Waals surface area contributed by atoms with E-state index in [-0.39, 0.29) is 11.8 Å². The molecule has 25 heavy (non-hydrogen) atoms. The number of rotatable bonds is 4. The van der Waals surface area contributed by atoms with Crippen LogP contribution >= 0.6 is 23.2 Å². The Bertz CT molecular complexity index is 755. The van der Waals surface area contributed by atoms with E-state index in [4.69, 9.17) is 28.6 Å². The molecule has 0 saturated carbocycles. The van der Waals surface area contributed by atoms with Gasteiger partial charge in [0.1, 0.15) is 11.4 Å². The Kier molecular flexibility index (Phi) is 5.57. The molecule has 1 atom stereocenters. The molecule has 1 unspecified atom stereocenters. The van der Waals surface area contributed by atoms with Crippen LogP contribution in [0, 0.1) is 5.41 Å². The molecule has 3 rings (SSSR count). The molecule has 2 aliphatic heterocycles. The summed E-state index contributed by atoms with van der Waals surface area (Å²) in [6.07, 6.45) is 2.62. The van der Waals surface area contributed by atoms with Gasteiger partial charge >= 0.3 is 0 Å². The van der Waals surface area contributed by atoms with Gasteiger partial charge in [0, 0.05) is 25.3 Å². The Labute approximate surface area is 155 Å². The fourth-order valence-electron chi connectivity index (χ4n) is 2.51. The zero-order valence-corrected chi connectivity index (χ0v) is 14.8. The van der Waals surface area contributed by atoms with Gasteiger partial charge in [-0.3, -0.25) is 15.5 Å². The summed E-state index contributed by atoms with van der Waals surface area (Å²) in [6.45, 7) is 2.23. The molecule has 2 heterocycles. The van der Waals surface area contributed by atoms with Crippen LogP contribution in [-0.4, -0.2) is 36.7 Å². The van der Waals surface area contributed by atoms with Gasteiger partial charge < -0.3 is 16.0 Å². The monoisotopic (exact) mass is 380 g/mol. The molecule has 1 aromatic rings. The Balaban J connectivity index is 1.67. The van der Waals surface area contributed by atoms with Crippen molar-refractivity contribution in [2.24, 2.45) is 4.99 Å². The van der Waals surface area contributed by atoms with Crippen LogP contribution in [-0.2, 0) is 11.3 Å². The lowest BCUT2D eigenvalue weighted by Gasteiger charge is -2.18. The normalized spacial score (nSPS) is 21.9. The molecule has 1 fully saturated rings. The van der Waals surface area contributed by atoms with E-state index in [1.807, 2.05) is 6.07 Å². The number of carbonyl (C=O) groups is 1. The fraction of sp³-hybridized carbons (Fsp3) is 0.312. The number of hydrogen-bond donors (Lipinski definition) is 5. The number of nitrogens with one attached hydrogen (secondary N) is 5. The summed E-state index contributed by atoms with van der Waals surface area (Å²) < 4.78 is 0. The van der Waals surface area contributed by atoms with Crippen molar-refractivity contribution in [1.29, 1.82) is 5.41 Å². The van der Waals surface area contributed by atoms with Gasteiger partial charge in [0.25, 0.3) is 5.91 Å². The first-order chi connectivity index (χ1) is 12.0. The highest BCUT2D eigenvalue weighted by atomic mass is 35.5. The van der Waals surface area contributed by atoms with Gasteiger partial charge in [-0.1, -0.05) is 29.3 Å². The highest BCUT2D eigenvalue weighted by molar-refractivity contribution is 6.47. The topological polar surface area (TPSA) is 101 Å². The SMILES string of the molecule is N=C1C(=O)NC(NCc2ccc(Cl)c(Cl)c2)=N/C1=C/NC1CCNC1. The van der Waals surface area contributed by atoms with Gasteiger partial charge in [0.2, 0.25) is 5.96 Å². The molecule has 0 spiro atoms. The molecule has 2 aliphatic rings. The Morgan fingerprint density at radius 2 is 2.20 bits per heavy atom. The lowest BCUT2D eigenvalue weighted by Crippen LogP contribution is -2.47. The summed E-state index contributed by atoms with van der Waals surface area (Å²) in [7, 11) is 0. The second-order valence-corrected chi connectivity index (χ2v) is 6.59. The zero-order valence-electron chi connectivity index (χ0n) is 13.3. The van der Waals surface area contributed by atoms with Crippen LogP contribution in [0.15, 0.2) is 35.1 Å². The van der Waals surface area contributed by atoms with Crippen LogP contribution in [0.2, 0.25) is 10.0 Å². The van der Waals surface area contributed by atoms with Gasteiger partial charge in [-0.25, -0.2) is 4.99 Å². The molecule has 0 aromatic heterocycles. The quantitative estimate of drug-likeness (QED) is 0.544. The summed E-state index contributed by atoms with van der Waals surface area (Å²) in [6, 6.07) is 5.58. The van der Waals surface area contributed by atoms with Crippen molar-refractivity contribution in [1.82, 2.24) is 21.3 Å². The molecule has 7 nitrogen and oxygen atoms in total. The number of carbonyl (C=O) groups excluding carboxylic acids is 1. The zero-order chi connectivity index (χ0) is 17.8. The standard InChI is InChI=1S/C16H18Cl2N6O/c17-11-2-1-9(5-12(11)18)6-22-16-23-13(14(19)15(25)24-16)8-21-10-3-4-20-7-10/h1-2,5,8,10,19-21H,3-4,6-7H2,(H2,22,23,24,25)/b13-8+,19-14?. The number of halogens is 2. The van der Waals surface area contributed by atoms with Crippen LogP contribution in [0.5, 0.6) is 0 Å². The van der Waals surface area contributed by atoms with Gasteiger partial charge in [0.15, 0.2) is 0 Å². The predicted octanol–water partition coefficient (Wildman–Crippen LogP) is 1.38. The summed E-state index contributed by atoms with van der Waals surface area (Å²) in [5.41, 5.74) is 1.03. The van der Waals surface area contributed by atoms with E-state index in [2.05, 4.69) is 26.3 Å². The smallest absolute Gasteiger partial charge is 0.278 e. The van der Waals surface area contributed by atoms with Crippen molar-refractivity contribution in [2.45, 2.75) is 19.0 Å². The number of hydrogen-bond acceptors (Lipinski definition) is 6. The minimum atomic E-state index is -0.496. The van der Waals surface area contributed by atoms with Crippen molar-refractivity contribution in [3.8, 4) is 0 Å². The van der Waals surface area contributed by atoms with E-state index in [0.29, 0.717) is 28.2 Å². The molecule has 0 radical (unpaired) electrons. The summed E-state index contributed by atoms with van der Waals surface area (Å²) >= 11 is 11.9. The van der Waals surface area contributed by atoms with E-state index >= 15 is 0 Å². The first kappa shape index (κ1) is 17.7. The average Bonchev–Trinajstić information content (AvgIpc) is 3.11. The molecular weight excluding hydrogens is 363 g/mol. The van der Waals surface area contributed by atoms with E-state index in [1.165, 1.54) is 0 Å². The minimum Gasteiger partial charge on any atom is -0.385 e. The molecule has 5 N–H and O–H groups in total. The Morgan fingerprint density at radius 1 is 1.36 bits per heavy atom. The van der Waals surface area contributed by atoms with Crippen molar-refractivity contribution < 1.29 is 4.79 Å². The second-order valence-electron chi connectivity index (χ2n) is 5.78. The third-order valence-electron chi connectivity index (χ3n) is 3.91. The summed E-state index contributed by atoms with van der Waals surface area (Å²) in [5.74, 6) is -0.200. The van der Waals surface area contributed by atoms with Crippen LogP contribution in [0.25, 0.3) is 0 Å². The van der Waals surface area contributed by atoms with Gasteiger partial charge in [0.05, 0.1) is 10.0 Å². The van der Waals surface area contributed by atoms with Crippen LogP contribution < -0.4 is 21.3 Å². The number of aliphatic imine (C=N–C) groups is 1. The maximum absolute atomic E-state index is 11.9. The molecule has 132 valence electrons. The second kappa shape index (κ2) is 7.86. The van der Waals surface area contributed by atoms with Crippen molar-refractivity contribution in [2.75, 3.05) is 13.1 Å². The maximum Gasteiger partial charge on any atom is 0.278 e. The maximum atomic E-state index is 11.9. The van der Waals surface area contributed by atoms with E-state index in [1.54, 1.807) is 18.3 Å². The molecule has 1 saturated heterocycles. The van der Waals surface area contributed by atoms with Crippen molar-refractivity contribution in [3.05, 3.63) is 45.7 Å². The first-order valence-corrected chi connectivity index (χ1v) is 8.62. The fourth-order valence-corrected chi connectivity index (χ4v) is 2.83. The molecule has 0 bridgehead atoms. The highest BCUT2D eigenvalue weighted by Crippen LogP contribution is 2.22. The lowest BCUT2D eigenvalue weighted by atomic mass is 10.2. The molecule has 1 aromatic carbocycles. The first-order valence-electron chi connectivity index (χ1n) is 7.86. The third-order valence-corrected chi connectivity index (χ3v) is 4.65. The number of benzene rings is 1. The highest BCUT2D eigenvalue weighted by Gasteiger charge is 2.23. The van der Waals surface area contributed by atoms with Crippen LogP contribution in [0.1, 0.15) is 12.0 Å². The Hall–Kier alpha value is -2.09. The van der Waals surface area contributed by atoms with Gasteiger partial charge in [-0.15, -0.1) is 0 Å². The molecule has 0 aliphatic carbocycles. The average molecular weight is 381 g/mol. The predicted molar refractivity (Wildman–Crippen MR) is 99.1 cm³/mol. The minimum absolute atomic E-state index is 0.168.